The summed E-state index contributed by atoms with van der Waals surface area (Å²) in [6.45, 7) is 0. The highest BCUT2D eigenvalue weighted by atomic mass is 32.2. The number of hydrogen-bond donors (Lipinski definition) is 1. The fourth-order valence-electron chi connectivity index (χ4n) is 1.34. The highest BCUT2D eigenvalue weighted by Crippen LogP contribution is 2.10. The van der Waals surface area contributed by atoms with Crippen LogP contribution in [0.4, 0.5) is 0 Å². The molecule has 1 heterocycles. The number of aromatic amines is 1. The van der Waals surface area contributed by atoms with Crippen molar-refractivity contribution in [3.05, 3.63) is 40.4 Å². The number of fused-ring (bicyclic) bond motifs is 1. The fourth-order valence-corrected chi connectivity index (χ4v) is 1.79. The van der Waals surface area contributed by atoms with E-state index in [2.05, 4.69) is 9.97 Å². The SMILES string of the molecule is O=c1[nH]cnc2ccc(CS(=O)[O-])cc12. The van der Waals surface area contributed by atoms with E-state index in [1.54, 1.807) is 12.1 Å². The van der Waals surface area contributed by atoms with Crippen LogP contribution in [0.2, 0.25) is 0 Å². The molecule has 0 spiro atoms. The molecule has 78 valence electrons. The molecule has 0 fully saturated rings. The van der Waals surface area contributed by atoms with Crippen LogP contribution in [0.1, 0.15) is 5.56 Å². The van der Waals surface area contributed by atoms with Crippen molar-refractivity contribution >= 4 is 22.0 Å². The van der Waals surface area contributed by atoms with Crippen LogP contribution in [0.25, 0.3) is 10.9 Å². The van der Waals surface area contributed by atoms with E-state index < -0.39 is 11.1 Å². The molecule has 1 aromatic heterocycles. The van der Waals surface area contributed by atoms with E-state index in [1.165, 1.54) is 12.4 Å². The summed E-state index contributed by atoms with van der Waals surface area (Å²) in [6.07, 6.45) is 1.32. The van der Waals surface area contributed by atoms with E-state index in [0.717, 1.165) is 0 Å². The zero-order valence-electron chi connectivity index (χ0n) is 7.60. The van der Waals surface area contributed by atoms with E-state index in [9.17, 15) is 13.6 Å². The Labute approximate surface area is 87.5 Å². The number of hydrogen-bond acceptors (Lipinski definition) is 4. The normalized spacial score (nSPS) is 12.9. The van der Waals surface area contributed by atoms with Gasteiger partial charge in [0.15, 0.2) is 0 Å². The zero-order chi connectivity index (χ0) is 10.8. The summed E-state index contributed by atoms with van der Waals surface area (Å²) < 4.78 is 21.0. The van der Waals surface area contributed by atoms with Gasteiger partial charge in [-0.15, -0.1) is 0 Å². The number of nitrogens with one attached hydrogen (secondary N) is 1. The van der Waals surface area contributed by atoms with Gasteiger partial charge in [0, 0.05) is 5.75 Å². The van der Waals surface area contributed by atoms with Gasteiger partial charge in [-0.25, -0.2) is 4.98 Å². The van der Waals surface area contributed by atoms with Crippen LogP contribution in [-0.2, 0) is 16.8 Å². The van der Waals surface area contributed by atoms with Gasteiger partial charge in [-0.2, -0.15) is 0 Å². The molecule has 0 radical (unpaired) electrons. The van der Waals surface area contributed by atoms with Crippen LogP contribution in [0, 0.1) is 0 Å². The molecule has 1 unspecified atom stereocenters. The lowest BCUT2D eigenvalue weighted by Crippen LogP contribution is -2.06. The van der Waals surface area contributed by atoms with Crippen LogP contribution < -0.4 is 5.56 Å². The molecule has 15 heavy (non-hydrogen) atoms. The van der Waals surface area contributed by atoms with Crippen molar-refractivity contribution in [1.82, 2.24) is 9.97 Å². The minimum Gasteiger partial charge on any atom is -0.772 e. The van der Waals surface area contributed by atoms with Crippen LogP contribution in [0.15, 0.2) is 29.3 Å². The Morgan fingerprint density at radius 3 is 3.00 bits per heavy atom. The largest absolute Gasteiger partial charge is 0.772 e. The van der Waals surface area contributed by atoms with Crippen LogP contribution >= 0.6 is 0 Å². The molecular formula is C9H7N2O3S-. The number of rotatable bonds is 2. The monoisotopic (exact) mass is 223 g/mol. The molecule has 1 N–H and O–H groups in total. The van der Waals surface area contributed by atoms with Gasteiger partial charge >= 0.3 is 0 Å². The van der Waals surface area contributed by atoms with Crippen molar-refractivity contribution in [2.24, 2.45) is 0 Å². The van der Waals surface area contributed by atoms with Gasteiger partial charge in [-0.3, -0.25) is 9.00 Å². The first-order valence-electron chi connectivity index (χ1n) is 4.19. The highest BCUT2D eigenvalue weighted by molar-refractivity contribution is 7.78. The maximum absolute atomic E-state index is 11.4. The Balaban J connectivity index is 2.59. The van der Waals surface area contributed by atoms with Gasteiger partial charge < -0.3 is 9.54 Å². The molecule has 2 rings (SSSR count). The van der Waals surface area contributed by atoms with Crippen molar-refractivity contribution in [2.75, 3.05) is 0 Å². The summed E-state index contributed by atoms with van der Waals surface area (Å²) in [5.41, 5.74) is 0.868. The summed E-state index contributed by atoms with van der Waals surface area (Å²) in [5, 5.41) is 0.403. The van der Waals surface area contributed by atoms with E-state index in [1.807, 2.05) is 0 Å². The van der Waals surface area contributed by atoms with E-state index in [0.29, 0.717) is 16.5 Å². The van der Waals surface area contributed by atoms with Crippen molar-refractivity contribution < 1.29 is 8.76 Å². The lowest BCUT2D eigenvalue weighted by atomic mass is 10.2. The fraction of sp³-hybridized carbons (Fsp3) is 0.111. The summed E-state index contributed by atoms with van der Waals surface area (Å²) >= 11 is -2.15. The number of benzene rings is 1. The van der Waals surface area contributed by atoms with Crippen molar-refractivity contribution in [3.63, 3.8) is 0 Å². The van der Waals surface area contributed by atoms with Gasteiger partial charge in [0.1, 0.15) is 0 Å². The Hall–Kier alpha value is -1.53. The van der Waals surface area contributed by atoms with Crippen LogP contribution in [0.5, 0.6) is 0 Å². The Bertz CT molecular complexity index is 579. The van der Waals surface area contributed by atoms with E-state index >= 15 is 0 Å². The molecule has 1 aromatic carbocycles. The smallest absolute Gasteiger partial charge is 0.258 e. The molecule has 0 aliphatic rings. The van der Waals surface area contributed by atoms with Gasteiger partial charge in [0.05, 0.1) is 17.2 Å². The highest BCUT2D eigenvalue weighted by Gasteiger charge is 2.00. The van der Waals surface area contributed by atoms with Crippen molar-refractivity contribution in [1.29, 1.82) is 0 Å². The molecule has 0 aliphatic heterocycles. The van der Waals surface area contributed by atoms with Crippen molar-refractivity contribution in [2.45, 2.75) is 5.75 Å². The van der Waals surface area contributed by atoms with Gasteiger partial charge in [-0.05, 0) is 17.7 Å². The van der Waals surface area contributed by atoms with E-state index in [-0.39, 0.29) is 11.3 Å². The second kappa shape index (κ2) is 3.92. The average Bonchev–Trinajstić information content (AvgIpc) is 2.18. The average molecular weight is 223 g/mol. The molecule has 5 nitrogen and oxygen atoms in total. The van der Waals surface area contributed by atoms with E-state index in [4.69, 9.17) is 0 Å². The topological polar surface area (TPSA) is 85.9 Å². The van der Waals surface area contributed by atoms with Crippen LogP contribution in [-0.4, -0.2) is 18.7 Å². The second-order valence-electron chi connectivity index (χ2n) is 3.03. The van der Waals surface area contributed by atoms with Crippen molar-refractivity contribution in [3.8, 4) is 0 Å². The number of aromatic nitrogens is 2. The molecule has 0 saturated carbocycles. The third-order valence-electron chi connectivity index (χ3n) is 1.99. The molecule has 6 heteroatoms. The quantitative estimate of drug-likeness (QED) is 0.742. The Kier molecular flexibility index (Phi) is 2.61. The summed E-state index contributed by atoms with van der Waals surface area (Å²) in [7, 11) is 0. The number of H-pyrrole nitrogens is 1. The molecule has 0 aliphatic carbocycles. The molecule has 0 bridgehead atoms. The first kappa shape index (κ1) is 10.0. The molecule has 1 atom stereocenters. The molecule has 2 aromatic rings. The molecule has 0 saturated heterocycles. The van der Waals surface area contributed by atoms with Gasteiger partial charge in [-0.1, -0.05) is 17.1 Å². The summed E-state index contributed by atoms with van der Waals surface area (Å²) in [5.74, 6) is -0.0930. The molecule has 0 amide bonds. The first-order chi connectivity index (χ1) is 7.16. The third-order valence-corrected chi connectivity index (χ3v) is 2.56. The standard InChI is InChI=1S/C9H8N2O3S/c12-9-7-3-6(4-15(13)14)1-2-8(7)10-5-11-9/h1-3,5H,4H2,(H,13,14)(H,10,11,12)/p-1. The minimum atomic E-state index is -2.15. The maximum atomic E-state index is 11.4. The lowest BCUT2D eigenvalue weighted by molar-refractivity contribution is 0.536. The lowest BCUT2D eigenvalue weighted by Gasteiger charge is -2.05. The predicted octanol–water partition coefficient (Wildman–Crippen LogP) is 0.302. The minimum absolute atomic E-state index is 0.0930. The first-order valence-corrected chi connectivity index (χ1v) is 5.43. The molecular weight excluding hydrogens is 216 g/mol. The Morgan fingerprint density at radius 2 is 2.27 bits per heavy atom. The third kappa shape index (κ3) is 2.11. The van der Waals surface area contributed by atoms with Gasteiger partial charge in [0.25, 0.3) is 5.56 Å². The summed E-state index contributed by atoms with van der Waals surface area (Å²) in [4.78, 5) is 17.8. The van der Waals surface area contributed by atoms with Crippen LogP contribution in [0.3, 0.4) is 0 Å². The number of nitrogens with zero attached hydrogens (tertiary/aromatic N) is 1. The maximum Gasteiger partial charge on any atom is 0.258 e. The second-order valence-corrected chi connectivity index (χ2v) is 3.93. The summed E-state index contributed by atoms with van der Waals surface area (Å²) in [6, 6.07) is 4.81. The van der Waals surface area contributed by atoms with Gasteiger partial charge in [0.2, 0.25) is 0 Å². The zero-order valence-corrected chi connectivity index (χ0v) is 8.41. The predicted molar refractivity (Wildman–Crippen MR) is 55.0 cm³/mol. The Morgan fingerprint density at radius 1 is 1.47 bits per heavy atom.